The van der Waals surface area contributed by atoms with Gasteiger partial charge in [-0.2, -0.15) is 0 Å². The Morgan fingerprint density at radius 1 is 1.30 bits per heavy atom. The molecule has 0 radical (unpaired) electrons. The highest BCUT2D eigenvalue weighted by atomic mass is 16.4. The summed E-state index contributed by atoms with van der Waals surface area (Å²) >= 11 is 0. The zero-order chi connectivity index (χ0) is 17.0. The second-order valence-corrected chi connectivity index (χ2v) is 6.60. The number of amides is 1. The number of aromatic carboxylic acids is 1. The minimum atomic E-state index is -0.899. The number of rotatable bonds is 5. The average Bonchev–Trinajstić information content (AvgIpc) is 2.54. The van der Waals surface area contributed by atoms with Gasteiger partial charge in [-0.3, -0.25) is 9.69 Å². The second kappa shape index (κ2) is 7.59. The summed E-state index contributed by atoms with van der Waals surface area (Å²) in [5.41, 5.74) is 1.47. The SMILES string of the molecule is CC(C)N(C)C(=O)CN1CCC[C@@H](c2ccc(C(=O)O)cc2)C1. The van der Waals surface area contributed by atoms with Crippen molar-refractivity contribution >= 4 is 11.9 Å². The van der Waals surface area contributed by atoms with Gasteiger partial charge in [-0.15, -0.1) is 0 Å². The summed E-state index contributed by atoms with van der Waals surface area (Å²) in [6.45, 7) is 6.28. The van der Waals surface area contributed by atoms with Crippen LogP contribution in [0.3, 0.4) is 0 Å². The van der Waals surface area contributed by atoms with Gasteiger partial charge in [0.25, 0.3) is 0 Å². The normalized spacial score (nSPS) is 18.9. The van der Waals surface area contributed by atoms with Crippen LogP contribution in [0.5, 0.6) is 0 Å². The van der Waals surface area contributed by atoms with E-state index in [-0.39, 0.29) is 11.9 Å². The molecule has 1 aromatic carbocycles. The fourth-order valence-electron chi connectivity index (χ4n) is 2.96. The summed E-state index contributed by atoms with van der Waals surface area (Å²) in [7, 11) is 1.85. The molecule has 0 spiro atoms. The Balaban J connectivity index is 1.97. The minimum Gasteiger partial charge on any atom is -0.478 e. The number of carboxylic acid groups (broad SMARTS) is 1. The highest BCUT2D eigenvalue weighted by molar-refractivity contribution is 5.87. The highest BCUT2D eigenvalue weighted by Crippen LogP contribution is 2.27. The summed E-state index contributed by atoms with van der Waals surface area (Å²) < 4.78 is 0. The monoisotopic (exact) mass is 318 g/mol. The molecule has 1 fully saturated rings. The smallest absolute Gasteiger partial charge is 0.335 e. The molecule has 1 saturated heterocycles. The van der Waals surface area contributed by atoms with Crippen molar-refractivity contribution in [3.05, 3.63) is 35.4 Å². The predicted molar refractivity (Wildman–Crippen MR) is 89.7 cm³/mol. The number of carbonyl (C=O) groups excluding carboxylic acids is 1. The van der Waals surface area contributed by atoms with Crippen LogP contribution in [0.1, 0.15) is 48.5 Å². The number of nitrogens with zero attached hydrogens (tertiary/aromatic N) is 2. The first-order chi connectivity index (χ1) is 10.9. The van der Waals surface area contributed by atoms with Crippen molar-refractivity contribution in [1.82, 2.24) is 9.80 Å². The molecule has 0 saturated carbocycles. The molecule has 5 heteroatoms. The van der Waals surface area contributed by atoms with Gasteiger partial charge in [-0.05, 0) is 56.8 Å². The van der Waals surface area contributed by atoms with Crippen LogP contribution < -0.4 is 0 Å². The van der Waals surface area contributed by atoms with Crippen LogP contribution in [0, 0.1) is 0 Å². The maximum Gasteiger partial charge on any atom is 0.335 e. The van der Waals surface area contributed by atoms with E-state index in [2.05, 4.69) is 4.90 Å². The molecule has 2 rings (SSSR count). The van der Waals surface area contributed by atoms with Crippen LogP contribution in [0.25, 0.3) is 0 Å². The number of carboxylic acids is 1. The molecule has 1 aliphatic rings. The van der Waals surface area contributed by atoms with Crippen molar-refractivity contribution in [2.45, 2.75) is 38.6 Å². The van der Waals surface area contributed by atoms with Gasteiger partial charge in [0.15, 0.2) is 0 Å². The van der Waals surface area contributed by atoms with E-state index in [1.807, 2.05) is 33.0 Å². The Labute approximate surface area is 137 Å². The fraction of sp³-hybridized carbons (Fsp3) is 0.556. The molecular weight excluding hydrogens is 292 g/mol. The van der Waals surface area contributed by atoms with Gasteiger partial charge in [0.05, 0.1) is 12.1 Å². The van der Waals surface area contributed by atoms with Crippen molar-refractivity contribution in [3.63, 3.8) is 0 Å². The predicted octanol–water partition coefficient (Wildman–Crippen LogP) is 2.43. The standard InChI is InChI=1S/C18H26N2O3/c1-13(2)19(3)17(21)12-20-10-4-5-16(11-20)14-6-8-15(9-7-14)18(22)23/h6-9,13,16H,4-5,10-12H2,1-3H3,(H,22,23)/t16-/m1/s1. The molecule has 1 aliphatic heterocycles. The third kappa shape index (κ3) is 4.55. The lowest BCUT2D eigenvalue weighted by atomic mass is 9.90. The number of benzene rings is 1. The Kier molecular flexibility index (Phi) is 5.77. The number of likely N-dealkylation sites (tertiary alicyclic amines) is 1. The highest BCUT2D eigenvalue weighted by Gasteiger charge is 2.24. The van der Waals surface area contributed by atoms with E-state index in [4.69, 9.17) is 5.11 Å². The molecule has 0 aromatic heterocycles. The van der Waals surface area contributed by atoms with Crippen LogP contribution in [-0.2, 0) is 4.79 Å². The zero-order valence-electron chi connectivity index (χ0n) is 14.2. The van der Waals surface area contributed by atoms with E-state index in [1.54, 1.807) is 17.0 Å². The van der Waals surface area contributed by atoms with Crippen molar-refractivity contribution in [3.8, 4) is 0 Å². The lowest BCUT2D eigenvalue weighted by Crippen LogP contribution is -2.44. The van der Waals surface area contributed by atoms with Crippen LogP contribution in [-0.4, -0.2) is 59.5 Å². The minimum absolute atomic E-state index is 0.155. The third-order valence-electron chi connectivity index (χ3n) is 4.66. The van der Waals surface area contributed by atoms with Gasteiger partial charge in [-0.1, -0.05) is 12.1 Å². The fourth-order valence-corrected chi connectivity index (χ4v) is 2.96. The van der Waals surface area contributed by atoms with E-state index < -0.39 is 5.97 Å². The number of carbonyl (C=O) groups is 2. The summed E-state index contributed by atoms with van der Waals surface area (Å²) in [5.74, 6) is -0.380. The van der Waals surface area contributed by atoms with Gasteiger partial charge in [-0.25, -0.2) is 4.79 Å². The Morgan fingerprint density at radius 3 is 2.52 bits per heavy atom. The first kappa shape index (κ1) is 17.5. The van der Waals surface area contributed by atoms with Crippen molar-refractivity contribution in [2.24, 2.45) is 0 Å². The van der Waals surface area contributed by atoms with Crippen molar-refractivity contribution in [1.29, 1.82) is 0 Å². The van der Waals surface area contributed by atoms with Crippen LogP contribution >= 0.6 is 0 Å². The molecular formula is C18H26N2O3. The van der Waals surface area contributed by atoms with E-state index in [1.165, 1.54) is 0 Å². The molecule has 1 amide bonds. The number of hydrogen-bond acceptors (Lipinski definition) is 3. The molecule has 1 N–H and O–H groups in total. The van der Waals surface area contributed by atoms with Gasteiger partial charge in [0.1, 0.15) is 0 Å². The Hall–Kier alpha value is -1.88. The first-order valence-corrected chi connectivity index (χ1v) is 8.19. The lowest BCUT2D eigenvalue weighted by molar-refractivity contribution is -0.132. The number of likely N-dealkylation sites (N-methyl/N-ethyl adjacent to an activating group) is 1. The molecule has 126 valence electrons. The summed E-state index contributed by atoms with van der Waals surface area (Å²) in [4.78, 5) is 27.2. The summed E-state index contributed by atoms with van der Waals surface area (Å²) in [6, 6.07) is 7.34. The summed E-state index contributed by atoms with van der Waals surface area (Å²) in [6.07, 6.45) is 2.14. The van der Waals surface area contributed by atoms with Gasteiger partial charge in [0, 0.05) is 19.6 Å². The molecule has 1 atom stereocenters. The topological polar surface area (TPSA) is 60.9 Å². The van der Waals surface area contributed by atoms with Gasteiger partial charge < -0.3 is 10.0 Å². The molecule has 0 unspecified atom stereocenters. The van der Waals surface area contributed by atoms with Gasteiger partial charge in [0.2, 0.25) is 5.91 Å². The number of piperidine rings is 1. The summed E-state index contributed by atoms with van der Waals surface area (Å²) in [5, 5.41) is 8.97. The first-order valence-electron chi connectivity index (χ1n) is 8.19. The molecule has 23 heavy (non-hydrogen) atoms. The molecule has 5 nitrogen and oxygen atoms in total. The van der Waals surface area contributed by atoms with E-state index in [0.29, 0.717) is 18.0 Å². The Morgan fingerprint density at radius 2 is 1.96 bits per heavy atom. The lowest BCUT2D eigenvalue weighted by Gasteiger charge is -2.34. The van der Waals surface area contributed by atoms with Crippen LogP contribution in [0.4, 0.5) is 0 Å². The maximum absolute atomic E-state index is 12.2. The van der Waals surface area contributed by atoms with E-state index in [9.17, 15) is 9.59 Å². The van der Waals surface area contributed by atoms with Crippen LogP contribution in [0.2, 0.25) is 0 Å². The van der Waals surface area contributed by atoms with Gasteiger partial charge >= 0.3 is 5.97 Å². The second-order valence-electron chi connectivity index (χ2n) is 6.60. The van der Waals surface area contributed by atoms with E-state index >= 15 is 0 Å². The van der Waals surface area contributed by atoms with Crippen molar-refractivity contribution in [2.75, 3.05) is 26.7 Å². The van der Waals surface area contributed by atoms with E-state index in [0.717, 1.165) is 31.5 Å². The molecule has 1 aromatic rings. The number of hydrogen-bond donors (Lipinski definition) is 1. The third-order valence-corrected chi connectivity index (χ3v) is 4.66. The molecule has 0 bridgehead atoms. The zero-order valence-corrected chi connectivity index (χ0v) is 14.2. The molecule has 1 heterocycles. The Bertz CT molecular complexity index is 554. The largest absolute Gasteiger partial charge is 0.478 e. The maximum atomic E-state index is 12.2. The quantitative estimate of drug-likeness (QED) is 0.906. The average molecular weight is 318 g/mol. The van der Waals surface area contributed by atoms with Crippen molar-refractivity contribution < 1.29 is 14.7 Å². The van der Waals surface area contributed by atoms with Crippen LogP contribution in [0.15, 0.2) is 24.3 Å². The molecule has 0 aliphatic carbocycles.